The van der Waals surface area contributed by atoms with Crippen molar-refractivity contribution in [2.45, 2.75) is 52.9 Å². The van der Waals surface area contributed by atoms with Gasteiger partial charge in [-0.2, -0.15) is 0 Å². The van der Waals surface area contributed by atoms with E-state index in [1.807, 2.05) is 0 Å². The molecule has 0 spiro atoms. The molecule has 4 unspecified atom stereocenters. The summed E-state index contributed by atoms with van der Waals surface area (Å²) in [7, 11) is 0. The van der Waals surface area contributed by atoms with Gasteiger partial charge in [0.2, 0.25) is 0 Å². The Kier molecular flexibility index (Phi) is 3.81. The number of allylic oxidation sites excluding steroid dienone is 6. The number of fused-ring (bicyclic) bond motifs is 1. The van der Waals surface area contributed by atoms with E-state index in [1.165, 1.54) is 19.3 Å². The van der Waals surface area contributed by atoms with Crippen LogP contribution in [0.3, 0.4) is 0 Å². The molecule has 0 aromatic carbocycles. The molecule has 0 amide bonds. The van der Waals surface area contributed by atoms with E-state index in [0.717, 1.165) is 15.5 Å². The zero-order valence-electron chi connectivity index (χ0n) is 13.7. The fraction of sp³-hybridized carbons (Fsp3) is 0.684. The number of hydrogen-bond donors (Lipinski definition) is 0. The van der Waals surface area contributed by atoms with Gasteiger partial charge in [0.25, 0.3) is 0 Å². The molecule has 0 aromatic heterocycles. The molecule has 0 nitrogen and oxygen atoms in total. The Morgan fingerprint density at radius 3 is 2.45 bits per heavy atom. The van der Waals surface area contributed by atoms with Crippen LogP contribution in [0.2, 0.25) is 12.9 Å². The predicted octanol–water partition coefficient (Wildman–Crippen LogP) is 6.00. The van der Waals surface area contributed by atoms with E-state index in [-0.39, 0.29) is 0 Å². The minimum absolute atomic E-state index is 0.330. The van der Waals surface area contributed by atoms with E-state index in [4.69, 9.17) is 0 Å². The topological polar surface area (TPSA) is 0 Å². The fourth-order valence-electron chi connectivity index (χ4n) is 5.17. The second kappa shape index (κ2) is 5.08. The first kappa shape index (κ1) is 15.0. The van der Waals surface area contributed by atoms with Gasteiger partial charge >= 0.3 is 133 Å². The van der Waals surface area contributed by atoms with Gasteiger partial charge in [0.15, 0.2) is 0 Å². The predicted molar refractivity (Wildman–Crippen MR) is 84.6 cm³/mol. The van der Waals surface area contributed by atoms with Crippen molar-refractivity contribution < 1.29 is 21.8 Å². The molecule has 1 fully saturated rings. The fourth-order valence-corrected chi connectivity index (χ4v) is 10.4. The Labute approximate surface area is 133 Å². The molecule has 0 N–H and O–H groups in total. The molecule has 109 valence electrons. The van der Waals surface area contributed by atoms with Crippen molar-refractivity contribution in [3.63, 3.8) is 0 Å². The summed E-state index contributed by atoms with van der Waals surface area (Å²) in [6.45, 7) is 7.50. The summed E-state index contributed by atoms with van der Waals surface area (Å²) < 4.78 is 6.34. The van der Waals surface area contributed by atoms with E-state index >= 15 is 0 Å². The van der Waals surface area contributed by atoms with Gasteiger partial charge in [0.1, 0.15) is 0 Å². The van der Waals surface area contributed by atoms with Gasteiger partial charge in [-0.25, -0.2) is 0 Å². The van der Waals surface area contributed by atoms with Crippen LogP contribution in [0, 0.1) is 22.7 Å². The first-order valence-corrected chi connectivity index (χ1v) is 14.6. The van der Waals surface area contributed by atoms with Gasteiger partial charge < -0.3 is 0 Å². The van der Waals surface area contributed by atoms with Crippen LogP contribution in [0.25, 0.3) is 0 Å². The molecule has 0 radical (unpaired) electrons. The van der Waals surface area contributed by atoms with Crippen molar-refractivity contribution in [2.24, 2.45) is 22.7 Å². The minimum atomic E-state index is -1.13. The SMILES string of the molecule is [CH3][Zr]([CH3])[CH]1CCC2C1C(C)(C)C=CC2(C)C1=CC=CC1. The third kappa shape index (κ3) is 2.20. The molecule has 3 aliphatic carbocycles. The second-order valence-corrected chi connectivity index (χ2v) is 15.3. The Hall–Kier alpha value is 0.103. The molecular weight excluding hydrogens is 319 g/mol. The van der Waals surface area contributed by atoms with E-state index < -0.39 is 21.8 Å². The zero-order chi connectivity index (χ0) is 14.5. The van der Waals surface area contributed by atoms with Gasteiger partial charge in [0.05, 0.1) is 0 Å². The molecular formula is C19H29Zr. The summed E-state index contributed by atoms with van der Waals surface area (Å²) in [6, 6.07) is 0. The summed E-state index contributed by atoms with van der Waals surface area (Å²) in [5.74, 6) is 1.82. The summed E-state index contributed by atoms with van der Waals surface area (Å²) in [5.41, 5.74) is 2.41. The van der Waals surface area contributed by atoms with E-state index in [9.17, 15) is 0 Å². The number of hydrogen-bond acceptors (Lipinski definition) is 0. The van der Waals surface area contributed by atoms with Gasteiger partial charge in [0, 0.05) is 0 Å². The molecule has 0 saturated heterocycles. The summed E-state index contributed by atoms with van der Waals surface area (Å²) in [6.07, 6.45) is 16.3. The summed E-state index contributed by atoms with van der Waals surface area (Å²) in [4.78, 5) is 0. The van der Waals surface area contributed by atoms with Crippen LogP contribution in [0.5, 0.6) is 0 Å². The molecule has 3 aliphatic rings. The van der Waals surface area contributed by atoms with Gasteiger partial charge in [-0.05, 0) is 0 Å². The van der Waals surface area contributed by atoms with Crippen molar-refractivity contribution >= 4 is 0 Å². The van der Waals surface area contributed by atoms with Crippen molar-refractivity contribution in [3.05, 3.63) is 36.0 Å². The van der Waals surface area contributed by atoms with Crippen LogP contribution in [-0.2, 0) is 21.8 Å². The molecule has 0 aliphatic heterocycles. The van der Waals surface area contributed by atoms with E-state index in [2.05, 4.69) is 60.4 Å². The first-order chi connectivity index (χ1) is 9.36. The van der Waals surface area contributed by atoms with Crippen LogP contribution in [0.15, 0.2) is 36.0 Å². The Balaban J connectivity index is 2.01. The van der Waals surface area contributed by atoms with Crippen molar-refractivity contribution in [3.8, 4) is 0 Å². The third-order valence-corrected chi connectivity index (χ3v) is 11.6. The molecule has 0 aromatic rings. The van der Waals surface area contributed by atoms with Crippen molar-refractivity contribution in [2.75, 3.05) is 0 Å². The van der Waals surface area contributed by atoms with Gasteiger partial charge in [-0.1, -0.05) is 0 Å². The van der Waals surface area contributed by atoms with Gasteiger partial charge in [-0.15, -0.1) is 0 Å². The van der Waals surface area contributed by atoms with Crippen molar-refractivity contribution in [1.82, 2.24) is 0 Å². The van der Waals surface area contributed by atoms with Crippen LogP contribution >= 0.6 is 0 Å². The van der Waals surface area contributed by atoms with E-state index in [0.29, 0.717) is 10.8 Å². The number of rotatable bonds is 2. The maximum atomic E-state index is 2.62. The summed E-state index contributed by atoms with van der Waals surface area (Å²) in [5, 5.41) is 0. The Bertz CT molecular complexity index is 480. The normalized spacial score (nSPS) is 41.6. The van der Waals surface area contributed by atoms with Gasteiger partial charge in [-0.3, -0.25) is 0 Å². The Morgan fingerprint density at radius 2 is 1.85 bits per heavy atom. The van der Waals surface area contributed by atoms with Crippen LogP contribution in [0.4, 0.5) is 0 Å². The third-order valence-electron chi connectivity index (χ3n) is 6.35. The van der Waals surface area contributed by atoms with Crippen LogP contribution < -0.4 is 0 Å². The maximum absolute atomic E-state index is 2.62. The Morgan fingerprint density at radius 1 is 1.10 bits per heavy atom. The average molecular weight is 349 g/mol. The molecule has 0 heterocycles. The molecule has 1 heteroatoms. The standard InChI is InChI=1S/C17H23.2CH3.Zr/c1-16(2)11-12-17(3,13-7-4-5-8-13)15-10-6-9-14(15)16;;;/h4-5,7,9,11-12,14-15H,6,8,10H2,1-3H3;2*1H3;. The van der Waals surface area contributed by atoms with Crippen molar-refractivity contribution in [1.29, 1.82) is 0 Å². The quantitative estimate of drug-likeness (QED) is 0.536. The van der Waals surface area contributed by atoms with E-state index in [1.54, 1.807) is 5.57 Å². The molecule has 1 saturated carbocycles. The molecule has 3 rings (SSSR count). The monoisotopic (exact) mass is 347 g/mol. The average Bonchev–Trinajstić information content (AvgIpc) is 3.03. The summed E-state index contributed by atoms with van der Waals surface area (Å²) >= 11 is -1.13. The molecule has 4 atom stereocenters. The molecule has 20 heavy (non-hydrogen) atoms. The zero-order valence-corrected chi connectivity index (χ0v) is 16.2. The van der Waals surface area contributed by atoms with Crippen LogP contribution in [-0.4, -0.2) is 0 Å². The first-order valence-electron chi connectivity index (χ1n) is 8.23. The van der Waals surface area contributed by atoms with Crippen LogP contribution in [0.1, 0.15) is 40.0 Å². The molecule has 0 bridgehead atoms. The second-order valence-electron chi connectivity index (χ2n) is 8.16.